The minimum atomic E-state index is -4.81. The lowest BCUT2D eigenvalue weighted by molar-refractivity contribution is -0.630. The summed E-state index contributed by atoms with van der Waals surface area (Å²) in [6, 6.07) is 9.16. The third-order valence-corrected chi connectivity index (χ3v) is 14.1. The Hall–Kier alpha value is -4.12. The van der Waals surface area contributed by atoms with Crippen LogP contribution in [0.2, 0.25) is 0 Å². The van der Waals surface area contributed by atoms with Crippen molar-refractivity contribution in [1.29, 1.82) is 0 Å². The van der Waals surface area contributed by atoms with Crippen LogP contribution in [-0.2, 0) is 52.6 Å². The molecule has 0 bridgehead atoms. The number of hydrogen-bond acceptors (Lipinski definition) is 14. The second-order valence-corrected chi connectivity index (χ2v) is 20.1. The number of aromatic nitrogens is 2. The Morgan fingerprint density at radius 2 is 1.65 bits per heavy atom. The molecule has 2 aromatic carbocycles. The van der Waals surface area contributed by atoms with E-state index >= 15 is 0 Å². The quantitative estimate of drug-likeness (QED) is 0.0600. The van der Waals surface area contributed by atoms with Gasteiger partial charge in [0.1, 0.15) is 20.2 Å². The number of rotatable bonds is 13. The molecule has 0 spiro atoms. The fourth-order valence-corrected chi connectivity index (χ4v) is 10.4. The molecule has 2 atom stereocenters. The highest BCUT2D eigenvalue weighted by molar-refractivity contribution is 7.94. The molecule has 7 rings (SSSR count). The summed E-state index contributed by atoms with van der Waals surface area (Å²) in [5.41, 5.74) is 4.18. The zero-order valence-electron chi connectivity index (χ0n) is 30.9. The molecular formula is C37H37N4O12S4-3. The third kappa shape index (κ3) is 7.65. The van der Waals surface area contributed by atoms with Crippen LogP contribution in [0.4, 0.5) is 11.4 Å². The highest BCUT2D eigenvalue weighted by atomic mass is 32.2. The van der Waals surface area contributed by atoms with Crippen LogP contribution in [0.15, 0.2) is 105 Å². The Balaban J connectivity index is 1.34. The van der Waals surface area contributed by atoms with Gasteiger partial charge in [-0.2, -0.15) is 4.58 Å². The molecule has 2 aliphatic carbocycles. The number of benzene rings is 2. The van der Waals surface area contributed by atoms with Gasteiger partial charge in [0, 0.05) is 76.9 Å². The van der Waals surface area contributed by atoms with Gasteiger partial charge in [-0.3, -0.25) is 4.57 Å². The van der Waals surface area contributed by atoms with Crippen molar-refractivity contribution in [2.75, 3.05) is 29.5 Å². The number of fused-ring (bicyclic) bond motifs is 6. The van der Waals surface area contributed by atoms with Gasteiger partial charge in [-0.05, 0) is 93.2 Å². The molecule has 1 saturated carbocycles. The van der Waals surface area contributed by atoms with E-state index in [4.69, 9.17) is 0 Å². The smallest absolute Gasteiger partial charge is 0.332 e. The predicted octanol–water partition coefficient (Wildman–Crippen LogP) is 2.48. The molecule has 4 aliphatic rings. The van der Waals surface area contributed by atoms with Crippen molar-refractivity contribution in [3.63, 3.8) is 0 Å². The number of nitrogens with zero attached hydrogens (tertiary/aromatic N) is 4. The van der Waals surface area contributed by atoms with Crippen LogP contribution in [0.3, 0.4) is 0 Å². The van der Waals surface area contributed by atoms with Gasteiger partial charge in [0.25, 0.3) is 0 Å². The van der Waals surface area contributed by atoms with Crippen molar-refractivity contribution in [1.82, 2.24) is 9.13 Å². The fourth-order valence-electron chi connectivity index (χ4n) is 8.74. The van der Waals surface area contributed by atoms with Crippen LogP contribution >= 0.6 is 12.0 Å². The fraction of sp³-hybridized carbons (Fsp3) is 0.351. The Kier molecular flexibility index (Phi) is 10.5. The monoisotopic (exact) mass is 857 g/mol. The summed E-state index contributed by atoms with van der Waals surface area (Å²) in [6.07, 6.45) is 12.4. The van der Waals surface area contributed by atoms with E-state index in [1.54, 1.807) is 54.7 Å². The molecule has 0 N–H and O–H groups in total. The normalized spacial score (nSPS) is 23.0. The van der Waals surface area contributed by atoms with Crippen LogP contribution in [0, 0.1) is 0 Å². The van der Waals surface area contributed by atoms with Crippen molar-refractivity contribution in [3.05, 3.63) is 112 Å². The van der Waals surface area contributed by atoms with Gasteiger partial charge in [0.15, 0.2) is 12.3 Å². The highest BCUT2D eigenvalue weighted by Crippen LogP contribution is 2.56. The molecule has 3 aromatic rings. The molecule has 2 unspecified atom stereocenters. The zero-order chi connectivity index (χ0) is 41.3. The molecule has 0 radical (unpaired) electrons. The van der Waals surface area contributed by atoms with E-state index in [1.807, 2.05) is 30.6 Å². The Labute approximate surface area is 334 Å². The molecule has 1 fully saturated rings. The lowest BCUT2D eigenvalue weighted by atomic mass is 9.81. The lowest BCUT2D eigenvalue weighted by Crippen LogP contribution is -2.30. The predicted molar refractivity (Wildman–Crippen MR) is 205 cm³/mol. The summed E-state index contributed by atoms with van der Waals surface area (Å²) >= 11 is 0.653. The standard InChI is InChI=1S/C37H40N4O12S4/c1-36-14-12-24(33(36)40(18-20-55(44,45)46)31-10-8-27(54-53-43)22-29(31)36)4-6-26(39-17-16-38(3)35(39)42)7-5-25-13-15-37(2)30-23-28(57(50,51)52)9-11-32(30)41(34(25)37)19-21-56(47,48)49/h4-11,16-17,22-23H,12-15,18-21H2,1-3H3,(H3-,43,44,45,46,47,48,49,50,51,52)/p-3. The average Bonchev–Trinajstić information content (AvgIpc) is 3.87. The Morgan fingerprint density at radius 3 is 2.30 bits per heavy atom. The molecule has 16 nitrogen and oxygen atoms in total. The summed E-state index contributed by atoms with van der Waals surface area (Å²) in [5, 5.41) is 10.9. The van der Waals surface area contributed by atoms with Gasteiger partial charge in [-0.15, -0.1) is 0 Å². The summed E-state index contributed by atoms with van der Waals surface area (Å²) in [4.78, 5) is 15.1. The maximum Gasteiger partial charge on any atom is 0.332 e. The number of allylic oxidation sites excluding steroid dienone is 8. The summed E-state index contributed by atoms with van der Waals surface area (Å²) in [7, 11) is -12.4. The topological polar surface area (TPSA) is 237 Å². The molecule has 0 saturated heterocycles. The molecule has 0 amide bonds. The van der Waals surface area contributed by atoms with E-state index in [0.29, 0.717) is 71.0 Å². The third-order valence-electron chi connectivity index (χ3n) is 11.4. The van der Waals surface area contributed by atoms with E-state index < -0.39 is 57.6 Å². The van der Waals surface area contributed by atoms with Crippen LogP contribution in [-0.4, -0.2) is 82.9 Å². The minimum Gasteiger partial charge on any atom is -0.748 e. The number of anilines is 1. The van der Waals surface area contributed by atoms with E-state index in [9.17, 15) is 49.0 Å². The highest BCUT2D eigenvalue weighted by Gasteiger charge is 2.54. The van der Waals surface area contributed by atoms with Crippen molar-refractivity contribution in [2.24, 2.45) is 7.05 Å². The average molecular weight is 858 g/mol. The van der Waals surface area contributed by atoms with E-state index in [-0.39, 0.29) is 18.8 Å². The van der Waals surface area contributed by atoms with Crippen LogP contribution in [0.25, 0.3) is 5.70 Å². The van der Waals surface area contributed by atoms with Crippen LogP contribution in [0.5, 0.6) is 0 Å². The second-order valence-electron chi connectivity index (χ2n) is 14.9. The molecule has 2 aliphatic heterocycles. The van der Waals surface area contributed by atoms with E-state index in [1.165, 1.54) is 21.3 Å². The molecular weight excluding hydrogens is 821 g/mol. The number of hydrogen-bond donors (Lipinski definition) is 0. The van der Waals surface area contributed by atoms with E-state index in [0.717, 1.165) is 28.5 Å². The largest absolute Gasteiger partial charge is 0.748 e. The van der Waals surface area contributed by atoms with Gasteiger partial charge in [-0.1, -0.05) is 12.2 Å². The maximum atomic E-state index is 13.3. The van der Waals surface area contributed by atoms with Gasteiger partial charge in [0.2, 0.25) is 5.69 Å². The SMILES string of the molecule is Cn1ccn(C(=C\C=C2/CCC3(C)C2=[N+](CCS(=O)(=O)[O-])c2ccc(SO[O-])cc23)/C=C/C2=C3N(CCS(=O)(=O)[O-])c4ccc(S(=O)(=O)[O-])cc4C3(C)CC2)c1=O. The van der Waals surface area contributed by atoms with Gasteiger partial charge in [0.05, 0.1) is 37.6 Å². The molecule has 1 aromatic heterocycles. The summed E-state index contributed by atoms with van der Waals surface area (Å²) in [6.45, 7) is 3.55. The number of imidazole rings is 1. The van der Waals surface area contributed by atoms with Crippen LogP contribution < -0.4 is 15.8 Å². The Morgan fingerprint density at radius 1 is 0.930 bits per heavy atom. The van der Waals surface area contributed by atoms with Crippen molar-refractivity contribution >= 4 is 65.2 Å². The van der Waals surface area contributed by atoms with E-state index in [2.05, 4.69) is 4.33 Å². The van der Waals surface area contributed by atoms with Crippen molar-refractivity contribution in [3.8, 4) is 0 Å². The maximum absolute atomic E-state index is 13.3. The van der Waals surface area contributed by atoms with Crippen molar-refractivity contribution in [2.45, 2.75) is 60.2 Å². The first-order valence-corrected chi connectivity index (χ1v) is 23.0. The zero-order valence-corrected chi connectivity index (χ0v) is 34.2. The minimum absolute atomic E-state index is 0.106. The van der Waals surface area contributed by atoms with Crippen molar-refractivity contribution < 1.29 is 53.1 Å². The first-order valence-electron chi connectivity index (χ1n) is 17.7. The molecule has 57 heavy (non-hydrogen) atoms. The Bertz CT molecular complexity index is 2760. The molecule has 304 valence electrons. The number of aryl methyl sites for hydroxylation is 1. The van der Waals surface area contributed by atoms with Gasteiger partial charge in [-0.25, -0.2) is 30.0 Å². The first kappa shape index (κ1) is 41.1. The second kappa shape index (κ2) is 14.6. The molecule has 20 heteroatoms. The summed E-state index contributed by atoms with van der Waals surface area (Å²) in [5.74, 6) is -1.37. The van der Waals surface area contributed by atoms with Crippen LogP contribution in [0.1, 0.15) is 50.7 Å². The van der Waals surface area contributed by atoms with Gasteiger partial charge >= 0.3 is 5.69 Å². The summed E-state index contributed by atoms with van der Waals surface area (Å²) < 4.78 is 115. The molecule has 3 heterocycles. The lowest BCUT2D eigenvalue weighted by Gasteiger charge is -2.27. The first-order chi connectivity index (χ1) is 26.6. The van der Waals surface area contributed by atoms with Gasteiger partial charge < -0.3 is 32.7 Å².